The van der Waals surface area contributed by atoms with Gasteiger partial charge >= 0.3 is 0 Å². The molecule has 3 aromatic heterocycles. The van der Waals surface area contributed by atoms with E-state index >= 15 is 0 Å². The van der Waals surface area contributed by atoms with Crippen LogP contribution in [-0.2, 0) is 20.0 Å². The molecule has 0 radical (unpaired) electrons. The average molecular weight is 459 g/mol. The molecule has 1 aliphatic heterocycles. The van der Waals surface area contributed by atoms with Crippen molar-refractivity contribution in [3.8, 4) is 11.3 Å². The molecular formula is C25H26N6O3. The fraction of sp³-hybridized carbons (Fsp3) is 0.280. The van der Waals surface area contributed by atoms with Crippen molar-refractivity contribution < 1.29 is 9.90 Å². The molecule has 2 N–H and O–H groups in total. The minimum atomic E-state index is -0.684. The number of aromatic nitrogens is 4. The Morgan fingerprint density at radius 1 is 1.15 bits per heavy atom. The van der Waals surface area contributed by atoms with E-state index in [1.807, 2.05) is 12.1 Å². The highest BCUT2D eigenvalue weighted by molar-refractivity contribution is 5.93. The number of hydrogen-bond donors (Lipinski definition) is 2. The number of fused-ring (bicyclic) bond motifs is 2. The smallest absolute Gasteiger partial charge is 0.271 e. The van der Waals surface area contributed by atoms with Crippen LogP contribution in [0.15, 0.2) is 65.7 Å². The molecule has 1 unspecified atom stereocenters. The van der Waals surface area contributed by atoms with Gasteiger partial charge in [0.1, 0.15) is 0 Å². The molecule has 0 bridgehead atoms. The number of carbonyl (C=O) groups is 1. The molecule has 34 heavy (non-hydrogen) atoms. The second kappa shape index (κ2) is 9.20. The summed E-state index contributed by atoms with van der Waals surface area (Å²) in [6, 6.07) is 15.0. The SMILES string of the molecule is Cn1ccc(-c2ccn3nc(C(=O)NCC(O)CN4CCc5ccccc5C4)cc3n2)cc1=O. The summed E-state index contributed by atoms with van der Waals surface area (Å²) >= 11 is 0. The third-order valence-corrected chi connectivity index (χ3v) is 6.13. The molecule has 1 aliphatic rings. The van der Waals surface area contributed by atoms with Gasteiger partial charge in [0.25, 0.3) is 11.5 Å². The summed E-state index contributed by atoms with van der Waals surface area (Å²) in [7, 11) is 1.69. The Hall–Kier alpha value is -3.82. The van der Waals surface area contributed by atoms with Crippen LogP contribution >= 0.6 is 0 Å². The van der Waals surface area contributed by atoms with Crippen molar-refractivity contribution >= 4 is 11.6 Å². The molecule has 1 amide bonds. The maximum atomic E-state index is 12.6. The highest BCUT2D eigenvalue weighted by Crippen LogP contribution is 2.19. The van der Waals surface area contributed by atoms with E-state index in [1.165, 1.54) is 26.3 Å². The molecule has 1 aromatic carbocycles. The normalized spacial score (nSPS) is 14.6. The van der Waals surface area contributed by atoms with Crippen molar-refractivity contribution in [3.05, 3.63) is 88.1 Å². The van der Waals surface area contributed by atoms with E-state index in [0.717, 1.165) is 19.5 Å². The number of aryl methyl sites for hydroxylation is 1. The van der Waals surface area contributed by atoms with Crippen LogP contribution in [0.3, 0.4) is 0 Å². The topological polar surface area (TPSA) is 105 Å². The van der Waals surface area contributed by atoms with Crippen LogP contribution in [0.1, 0.15) is 21.6 Å². The van der Waals surface area contributed by atoms with Crippen LogP contribution in [0.2, 0.25) is 0 Å². The highest BCUT2D eigenvalue weighted by atomic mass is 16.3. The van der Waals surface area contributed by atoms with E-state index in [1.54, 1.807) is 31.6 Å². The van der Waals surface area contributed by atoms with Crippen LogP contribution < -0.4 is 10.9 Å². The maximum Gasteiger partial charge on any atom is 0.271 e. The molecule has 0 fully saturated rings. The summed E-state index contributed by atoms with van der Waals surface area (Å²) < 4.78 is 3.00. The third kappa shape index (κ3) is 4.61. The number of hydrogen-bond acceptors (Lipinski definition) is 6. The molecule has 0 spiro atoms. The summed E-state index contributed by atoms with van der Waals surface area (Å²) in [6.45, 7) is 2.31. The molecule has 5 rings (SSSR count). The molecule has 0 saturated carbocycles. The summed E-state index contributed by atoms with van der Waals surface area (Å²) in [5.41, 5.74) is 4.55. The molecular weight excluding hydrogens is 432 g/mol. The Labute approximate surface area is 196 Å². The number of β-amino-alcohol motifs (C(OH)–C–C–N with tert-alkyl or cyclic N) is 1. The zero-order valence-electron chi connectivity index (χ0n) is 18.9. The minimum absolute atomic E-state index is 0.125. The van der Waals surface area contributed by atoms with E-state index in [-0.39, 0.29) is 23.7 Å². The van der Waals surface area contributed by atoms with E-state index in [0.29, 0.717) is 23.4 Å². The second-order valence-electron chi connectivity index (χ2n) is 8.63. The fourth-order valence-electron chi connectivity index (χ4n) is 4.23. The lowest BCUT2D eigenvalue weighted by atomic mass is 10.00. The third-order valence-electron chi connectivity index (χ3n) is 6.13. The quantitative estimate of drug-likeness (QED) is 0.451. The van der Waals surface area contributed by atoms with Gasteiger partial charge in [-0.1, -0.05) is 24.3 Å². The predicted molar refractivity (Wildman–Crippen MR) is 127 cm³/mol. The Kier molecular flexibility index (Phi) is 5.95. The van der Waals surface area contributed by atoms with Crippen LogP contribution in [-0.4, -0.2) is 60.8 Å². The van der Waals surface area contributed by atoms with Crippen molar-refractivity contribution in [3.63, 3.8) is 0 Å². The van der Waals surface area contributed by atoms with E-state index in [2.05, 4.69) is 38.5 Å². The summed E-state index contributed by atoms with van der Waals surface area (Å²) in [5, 5.41) is 17.5. The van der Waals surface area contributed by atoms with Gasteiger partial charge in [0.05, 0.1) is 11.8 Å². The number of nitrogens with one attached hydrogen (secondary N) is 1. The van der Waals surface area contributed by atoms with Gasteiger partial charge in [0, 0.05) is 63.3 Å². The zero-order chi connectivity index (χ0) is 23.7. The summed E-state index contributed by atoms with van der Waals surface area (Å²) in [4.78, 5) is 31.3. The molecule has 9 nitrogen and oxygen atoms in total. The predicted octanol–water partition coefficient (Wildman–Crippen LogP) is 1.24. The molecule has 9 heteroatoms. The number of nitrogens with zero attached hydrogens (tertiary/aromatic N) is 5. The number of aliphatic hydroxyl groups is 1. The summed E-state index contributed by atoms with van der Waals surface area (Å²) in [5.74, 6) is -0.372. The number of pyridine rings is 1. The minimum Gasteiger partial charge on any atom is -0.390 e. The number of amides is 1. The largest absolute Gasteiger partial charge is 0.390 e. The Bertz CT molecular complexity index is 1410. The van der Waals surface area contributed by atoms with Crippen molar-refractivity contribution in [1.82, 2.24) is 29.4 Å². The lowest BCUT2D eigenvalue weighted by molar-refractivity contribution is 0.0838. The first-order valence-corrected chi connectivity index (χ1v) is 11.3. The number of rotatable bonds is 6. The van der Waals surface area contributed by atoms with Crippen molar-refractivity contribution in [2.24, 2.45) is 7.05 Å². The molecule has 0 aliphatic carbocycles. The monoisotopic (exact) mass is 458 g/mol. The van der Waals surface area contributed by atoms with Gasteiger partial charge in [-0.05, 0) is 29.7 Å². The lowest BCUT2D eigenvalue weighted by Crippen LogP contribution is -2.42. The maximum absolute atomic E-state index is 12.6. The Morgan fingerprint density at radius 3 is 2.79 bits per heavy atom. The fourth-order valence-corrected chi connectivity index (χ4v) is 4.23. The molecule has 4 heterocycles. The number of carbonyl (C=O) groups excluding carboxylic acids is 1. The van der Waals surface area contributed by atoms with E-state index in [9.17, 15) is 14.7 Å². The number of benzene rings is 1. The first-order chi connectivity index (χ1) is 16.5. The lowest BCUT2D eigenvalue weighted by Gasteiger charge is -2.30. The van der Waals surface area contributed by atoms with Crippen LogP contribution in [0, 0.1) is 0 Å². The Balaban J connectivity index is 1.20. The van der Waals surface area contributed by atoms with Gasteiger partial charge in [0.15, 0.2) is 11.3 Å². The van der Waals surface area contributed by atoms with E-state index < -0.39 is 6.10 Å². The van der Waals surface area contributed by atoms with Gasteiger partial charge in [0.2, 0.25) is 0 Å². The van der Waals surface area contributed by atoms with Gasteiger partial charge in [-0.3, -0.25) is 14.5 Å². The average Bonchev–Trinajstić information content (AvgIpc) is 3.28. The van der Waals surface area contributed by atoms with Crippen LogP contribution in [0.25, 0.3) is 16.9 Å². The van der Waals surface area contributed by atoms with Gasteiger partial charge in [-0.2, -0.15) is 5.10 Å². The van der Waals surface area contributed by atoms with E-state index in [4.69, 9.17) is 0 Å². The van der Waals surface area contributed by atoms with Crippen LogP contribution in [0.4, 0.5) is 0 Å². The van der Waals surface area contributed by atoms with Crippen molar-refractivity contribution in [2.45, 2.75) is 19.1 Å². The van der Waals surface area contributed by atoms with Gasteiger partial charge in [-0.25, -0.2) is 9.50 Å². The number of aliphatic hydroxyl groups excluding tert-OH is 1. The summed E-state index contributed by atoms with van der Waals surface area (Å²) in [6.07, 6.45) is 3.67. The first kappa shape index (κ1) is 22.0. The first-order valence-electron chi connectivity index (χ1n) is 11.3. The highest BCUT2D eigenvalue weighted by Gasteiger charge is 2.19. The molecule has 174 valence electrons. The Morgan fingerprint density at radius 2 is 1.97 bits per heavy atom. The van der Waals surface area contributed by atoms with Crippen LogP contribution in [0.5, 0.6) is 0 Å². The zero-order valence-corrected chi connectivity index (χ0v) is 18.9. The van der Waals surface area contributed by atoms with Crippen molar-refractivity contribution in [1.29, 1.82) is 0 Å². The standard InChI is InChI=1S/C25H26N6O3/c1-29-9-6-18(12-24(29)33)21-8-11-31-23(27-21)13-22(28-31)25(34)26-14-20(32)16-30-10-7-17-4-2-3-5-19(17)15-30/h2-6,8-9,11-13,20,32H,7,10,14-16H2,1H3,(H,26,34). The van der Waals surface area contributed by atoms with Gasteiger partial charge in [-0.15, -0.1) is 0 Å². The second-order valence-corrected chi connectivity index (χ2v) is 8.63. The molecule has 1 atom stereocenters. The molecule has 4 aromatic rings. The molecule has 0 saturated heterocycles. The van der Waals surface area contributed by atoms with Gasteiger partial charge < -0.3 is 15.0 Å². The van der Waals surface area contributed by atoms with Crippen molar-refractivity contribution in [2.75, 3.05) is 19.6 Å².